The molecule has 2 amide bonds. The fraction of sp³-hybridized carbons (Fsp3) is 0.304. The number of carbonyl (C=O) groups excluding carboxylic acids is 1. The smallest absolute Gasteiger partial charge is 0.334 e. The molecule has 3 aromatic rings. The second-order valence-corrected chi connectivity index (χ2v) is 7.83. The van der Waals surface area contributed by atoms with Crippen molar-refractivity contribution < 1.29 is 18.0 Å². The van der Waals surface area contributed by atoms with Crippen molar-refractivity contribution in [2.24, 2.45) is 0 Å². The lowest BCUT2D eigenvalue weighted by atomic mass is 10.1. The Morgan fingerprint density at radius 3 is 2.81 bits per heavy atom. The summed E-state index contributed by atoms with van der Waals surface area (Å²) in [4.78, 5) is 18.7. The highest BCUT2D eigenvalue weighted by Gasteiger charge is 2.34. The number of rotatable bonds is 4. The molecule has 2 aromatic carbocycles. The first-order valence-corrected chi connectivity index (χ1v) is 10.1. The van der Waals surface area contributed by atoms with Crippen LogP contribution in [0.5, 0.6) is 0 Å². The maximum Gasteiger partial charge on any atom is 0.416 e. The van der Waals surface area contributed by atoms with Crippen molar-refractivity contribution in [3.05, 3.63) is 71.5 Å². The van der Waals surface area contributed by atoms with E-state index in [9.17, 15) is 18.0 Å². The van der Waals surface area contributed by atoms with E-state index in [1.165, 1.54) is 12.1 Å². The quantitative estimate of drug-likeness (QED) is 0.618. The van der Waals surface area contributed by atoms with Gasteiger partial charge in [-0.05, 0) is 37.1 Å². The van der Waals surface area contributed by atoms with Crippen LogP contribution < -0.4 is 10.6 Å². The Labute approximate surface area is 178 Å². The Bertz CT molecular complexity index is 1100. The van der Waals surface area contributed by atoms with Gasteiger partial charge in [-0.3, -0.25) is 9.88 Å². The first-order chi connectivity index (χ1) is 14.8. The number of nitrogens with one attached hydrogen (secondary N) is 2. The predicted molar refractivity (Wildman–Crippen MR) is 114 cm³/mol. The molecule has 31 heavy (non-hydrogen) atoms. The van der Waals surface area contributed by atoms with Crippen LogP contribution in [0.3, 0.4) is 0 Å². The lowest BCUT2D eigenvalue weighted by molar-refractivity contribution is -0.138. The number of carbonyl (C=O) groups is 1. The van der Waals surface area contributed by atoms with Crippen LogP contribution in [-0.4, -0.2) is 35.0 Å². The molecule has 2 N–H and O–H groups in total. The lowest BCUT2D eigenvalue weighted by Gasteiger charge is -2.20. The number of aromatic nitrogens is 1. The van der Waals surface area contributed by atoms with Crippen molar-refractivity contribution in [3.63, 3.8) is 0 Å². The van der Waals surface area contributed by atoms with Crippen LogP contribution in [0.4, 0.5) is 23.7 Å². The van der Waals surface area contributed by atoms with Crippen LogP contribution >= 0.6 is 0 Å². The first kappa shape index (κ1) is 21.1. The van der Waals surface area contributed by atoms with Crippen molar-refractivity contribution in [1.82, 2.24) is 15.2 Å². The molecule has 4 rings (SSSR count). The third kappa shape index (κ3) is 4.96. The molecular formula is C23H23F3N4O. The molecule has 0 aliphatic carbocycles. The number of hydrogen-bond acceptors (Lipinski definition) is 3. The van der Waals surface area contributed by atoms with Crippen LogP contribution in [0.2, 0.25) is 0 Å². The molecule has 5 nitrogen and oxygen atoms in total. The predicted octanol–water partition coefficient (Wildman–Crippen LogP) is 4.96. The molecule has 1 atom stereocenters. The monoisotopic (exact) mass is 428 g/mol. The third-order valence-corrected chi connectivity index (χ3v) is 5.47. The summed E-state index contributed by atoms with van der Waals surface area (Å²) in [6.45, 7) is 3.21. The molecule has 8 heteroatoms. The number of urea groups is 1. The number of halogens is 3. The van der Waals surface area contributed by atoms with Crippen molar-refractivity contribution in [2.75, 3.05) is 18.4 Å². The second kappa shape index (κ2) is 8.55. The summed E-state index contributed by atoms with van der Waals surface area (Å²) in [5.41, 5.74) is 1.19. The Morgan fingerprint density at radius 2 is 2.00 bits per heavy atom. The minimum atomic E-state index is -4.37. The van der Waals surface area contributed by atoms with Crippen molar-refractivity contribution in [1.29, 1.82) is 0 Å². The molecule has 162 valence electrons. The van der Waals surface area contributed by atoms with Crippen LogP contribution in [0, 0.1) is 6.92 Å². The maximum absolute atomic E-state index is 13.2. The molecule has 1 aromatic heterocycles. The van der Waals surface area contributed by atoms with Crippen molar-refractivity contribution >= 4 is 22.5 Å². The van der Waals surface area contributed by atoms with E-state index in [4.69, 9.17) is 0 Å². The summed E-state index contributed by atoms with van der Waals surface area (Å²) in [5, 5.41) is 7.66. The van der Waals surface area contributed by atoms with Gasteiger partial charge in [-0.15, -0.1) is 0 Å². The van der Waals surface area contributed by atoms with Gasteiger partial charge >= 0.3 is 12.2 Å². The van der Waals surface area contributed by atoms with E-state index in [1.54, 1.807) is 12.3 Å². The van der Waals surface area contributed by atoms with Gasteiger partial charge in [0, 0.05) is 48.3 Å². The lowest BCUT2D eigenvalue weighted by Crippen LogP contribution is -2.39. The number of amides is 2. The standard InChI is InChI=1S/C23H23F3N4O/c1-15-11-19-16(12-27-15)6-4-8-21(19)29-22(31)28-18-9-10-30(14-18)13-17-5-2-3-7-20(17)23(24,25)26/h2-8,11-12,18H,9-10,13-14H2,1H3,(H2,28,29,31). The topological polar surface area (TPSA) is 57.3 Å². The molecule has 0 radical (unpaired) electrons. The summed E-state index contributed by atoms with van der Waals surface area (Å²) < 4.78 is 39.7. The van der Waals surface area contributed by atoms with Gasteiger partial charge in [0.2, 0.25) is 0 Å². The summed E-state index contributed by atoms with van der Waals surface area (Å²) in [5.74, 6) is 0. The number of anilines is 1. The van der Waals surface area contributed by atoms with Gasteiger partial charge in [-0.1, -0.05) is 30.3 Å². The van der Waals surface area contributed by atoms with Gasteiger partial charge in [0.15, 0.2) is 0 Å². The van der Waals surface area contributed by atoms with E-state index < -0.39 is 11.7 Å². The van der Waals surface area contributed by atoms with Crippen LogP contribution in [0.1, 0.15) is 23.2 Å². The Hall–Kier alpha value is -3.13. The zero-order chi connectivity index (χ0) is 22.0. The fourth-order valence-corrected chi connectivity index (χ4v) is 4.00. The number of likely N-dealkylation sites (tertiary alicyclic amines) is 1. The van der Waals surface area contributed by atoms with Crippen LogP contribution in [0.25, 0.3) is 10.8 Å². The summed E-state index contributed by atoms with van der Waals surface area (Å²) >= 11 is 0. The number of pyridine rings is 1. The largest absolute Gasteiger partial charge is 0.416 e. The molecular weight excluding hydrogens is 405 g/mol. The molecule has 0 bridgehead atoms. The zero-order valence-corrected chi connectivity index (χ0v) is 17.0. The van der Waals surface area contributed by atoms with E-state index in [2.05, 4.69) is 15.6 Å². The fourth-order valence-electron chi connectivity index (χ4n) is 4.00. The van der Waals surface area contributed by atoms with E-state index in [0.717, 1.165) is 22.5 Å². The van der Waals surface area contributed by atoms with E-state index in [-0.39, 0.29) is 24.2 Å². The van der Waals surface area contributed by atoms with Gasteiger partial charge in [-0.2, -0.15) is 13.2 Å². The summed E-state index contributed by atoms with van der Waals surface area (Å²) in [7, 11) is 0. The SMILES string of the molecule is Cc1cc2c(NC(=O)NC3CCN(Cc4ccccc4C(F)(F)F)C3)cccc2cn1. The highest BCUT2D eigenvalue weighted by molar-refractivity contribution is 6.01. The summed E-state index contributed by atoms with van der Waals surface area (Å²) in [6.07, 6.45) is -1.93. The van der Waals surface area contributed by atoms with E-state index >= 15 is 0 Å². The van der Waals surface area contributed by atoms with Crippen molar-refractivity contribution in [2.45, 2.75) is 32.1 Å². The third-order valence-electron chi connectivity index (χ3n) is 5.47. The summed E-state index contributed by atoms with van der Waals surface area (Å²) in [6, 6.07) is 12.7. The highest BCUT2D eigenvalue weighted by atomic mass is 19.4. The molecule has 1 unspecified atom stereocenters. The molecule has 0 spiro atoms. The Balaban J connectivity index is 1.37. The Morgan fingerprint density at radius 1 is 1.19 bits per heavy atom. The molecule has 1 aliphatic rings. The minimum Gasteiger partial charge on any atom is -0.334 e. The number of benzene rings is 2. The first-order valence-electron chi connectivity index (χ1n) is 10.1. The van der Waals surface area contributed by atoms with Crippen LogP contribution in [0.15, 0.2) is 54.7 Å². The zero-order valence-electron chi connectivity index (χ0n) is 17.0. The molecule has 1 fully saturated rings. The van der Waals surface area contributed by atoms with Gasteiger partial charge in [0.25, 0.3) is 0 Å². The number of hydrogen-bond donors (Lipinski definition) is 2. The Kier molecular flexibility index (Phi) is 5.82. The molecule has 1 saturated heterocycles. The minimum absolute atomic E-state index is 0.128. The molecule has 0 saturated carbocycles. The average molecular weight is 428 g/mol. The number of fused-ring (bicyclic) bond motifs is 1. The normalized spacial score (nSPS) is 17.1. The van der Waals surface area contributed by atoms with E-state index in [1.807, 2.05) is 36.1 Å². The van der Waals surface area contributed by atoms with Crippen LogP contribution in [-0.2, 0) is 12.7 Å². The van der Waals surface area contributed by atoms with Gasteiger partial charge in [0.1, 0.15) is 0 Å². The van der Waals surface area contributed by atoms with Gasteiger partial charge in [-0.25, -0.2) is 4.79 Å². The van der Waals surface area contributed by atoms with Crippen molar-refractivity contribution in [3.8, 4) is 0 Å². The second-order valence-electron chi connectivity index (χ2n) is 7.83. The number of aryl methyl sites for hydroxylation is 1. The average Bonchev–Trinajstić information content (AvgIpc) is 3.14. The molecule has 2 heterocycles. The highest BCUT2D eigenvalue weighted by Crippen LogP contribution is 2.32. The number of nitrogens with zero attached hydrogens (tertiary/aromatic N) is 2. The molecule has 1 aliphatic heterocycles. The van der Waals surface area contributed by atoms with E-state index in [0.29, 0.717) is 25.2 Å². The van der Waals surface area contributed by atoms with Gasteiger partial charge in [0.05, 0.1) is 11.3 Å². The maximum atomic E-state index is 13.2. The van der Waals surface area contributed by atoms with Gasteiger partial charge < -0.3 is 10.6 Å². The number of alkyl halides is 3.